The van der Waals surface area contributed by atoms with Crippen molar-refractivity contribution < 1.29 is 81.7 Å². The van der Waals surface area contributed by atoms with Crippen LogP contribution in [0.3, 0.4) is 0 Å². The van der Waals surface area contributed by atoms with Crippen molar-refractivity contribution in [3.63, 3.8) is 0 Å². The van der Waals surface area contributed by atoms with Gasteiger partial charge in [-0.3, -0.25) is 28.8 Å². The average molecular weight is 1000 g/mol. The lowest BCUT2D eigenvalue weighted by Gasteiger charge is -2.27. The fourth-order valence-electron chi connectivity index (χ4n) is 5.13. The number of benzene rings is 2. The Kier molecular flexibility index (Phi) is 24.0. The molecule has 63 heavy (non-hydrogen) atoms. The predicted molar refractivity (Wildman–Crippen MR) is 224 cm³/mol. The third kappa shape index (κ3) is 19.2. The smallest absolute Gasteiger partial charge is 0.329 e. The average Bonchev–Trinajstić information content (AvgIpc) is 3.28. The third-order valence-corrected chi connectivity index (χ3v) is 9.54. The van der Waals surface area contributed by atoms with E-state index in [1.807, 2.05) is 22.6 Å². The molecule has 0 saturated carbocycles. The number of carboxylic acids is 1. The topological polar surface area (TPSA) is 339 Å². The van der Waals surface area contributed by atoms with E-state index in [1.165, 1.54) is 38.5 Å². The van der Waals surface area contributed by atoms with E-state index in [1.54, 1.807) is 0 Å². The second-order valence-electron chi connectivity index (χ2n) is 12.7. The normalized spacial score (nSPS) is 13.0. The van der Waals surface area contributed by atoms with Gasteiger partial charge in [-0.15, -0.1) is 0 Å². The number of nitrogens with zero attached hydrogens (tertiary/aromatic N) is 3. The molecular weight excluding hydrogens is 953 g/mol. The number of aliphatic hydroxyl groups excluding tert-OH is 1. The van der Waals surface area contributed by atoms with Gasteiger partial charge >= 0.3 is 23.9 Å². The highest BCUT2D eigenvalue weighted by atomic mass is 127. The van der Waals surface area contributed by atoms with Gasteiger partial charge in [0, 0.05) is 57.7 Å². The van der Waals surface area contributed by atoms with Crippen molar-refractivity contribution in [3.05, 3.63) is 75.2 Å². The summed E-state index contributed by atoms with van der Waals surface area (Å²) < 4.78 is 34.1. The number of carbonyl (C=O) groups is 8. The molecule has 0 fully saturated rings. The Balaban J connectivity index is 2.24. The van der Waals surface area contributed by atoms with Crippen molar-refractivity contribution in [3.8, 4) is 5.75 Å². The Morgan fingerprint density at radius 3 is 1.97 bits per heavy atom. The van der Waals surface area contributed by atoms with Crippen molar-refractivity contribution in [2.24, 2.45) is 5.11 Å². The Bertz CT molecular complexity index is 1970. The number of methoxy groups -OCH3 is 4. The van der Waals surface area contributed by atoms with Gasteiger partial charge in [0.25, 0.3) is 23.6 Å². The molecule has 0 heterocycles. The van der Waals surface area contributed by atoms with Crippen molar-refractivity contribution in [1.82, 2.24) is 21.3 Å². The third-order valence-electron chi connectivity index (χ3n) is 8.33. The molecule has 2 rings (SSSR count). The maximum absolute atomic E-state index is 13.7. The van der Waals surface area contributed by atoms with E-state index in [4.69, 9.17) is 39.1 Å². The molecule has 0 aliphatic heterocycles. The van der Waals surface area contributed by atoms with Crippen molar-refractivity contribution in [2.75, 3.05) is 68.0 Å². The molecular formula is C38H48IN7O17. The standard InChI is InChI=1S/C38H48IN7O17/c1-57-30(49)9-8-27(37(55)59-3)43-35(53)23-14-22(15-24(16-23)36(54)44-32(38(56)60-4)26(39)18-31(50)58-2)34(52)42-11-10-41-33(51)21-6-5-7-25(17-21)63-19-28(45-46-40)62-13-12-61-20-29(47)48/h5-7,14-17,26-28,32,38,56H,8-13,18-20H2,1-4H3,(H,41,51)(H,42,52)(H,43,53)(H,44,54)(H,47,48)/t26-,27+,28?,32+,38?/m1/s1. The van der Waals surface area contributed by atoms with Gasteiger partial charge in [0.05, 0.1) is 47.0 Å². The Hall–Kier alpha value is -6.12. The van der Waals surface area contributed by atoms with Gasteiger partial charge < -0.3 is 64.6 Å². The van der Waals surface area contributed by atoms with Crippen LogP contribution in [0.2, 0.25) is 0 Å². The van der Waals surface area contributed by atoms with E-state index in [-0.39, 0.29) is 80.2 Å². The van der Waals surface area contributed by atoms with Crippen LogP contribution in [0, 0.1) is 0 Å². The van der Waals surface area contributed by atoms with Gasteiger partial charge in [-0.2, -0.15) is 0 Å². The van der Waals surface area contributed by atoms with Crippen LogP contribution < -0.4 is 26.0 Å². The number of hydrogen-bond donors (Lipinski definition) is 6. The van der Waals surface area contributed by atoms with Crippen LogP contribution >= 0.6 is 22.6 Å². The molecule has 25 heteroatoms. The molecule has 0 aliphatic carbocycles. The largest absolute Gasteiger partial charge is 0.491 e. The first-order valence-electron chi connectivity index (χ1n) is 18.6. The number of nitrogens with one attached hydrogen (secondary N) is 4. The zero-order chi connectivity index (χ0) is 46.9. The summed E-state index contributed by atoms with van der Waals surface area (Å²) >= 11 is 1.82. The van der Waals surface area contributed by atoms with Crippen LogP contribution in [-0.4, -0.2) is 154 Å². The second-order valence-corrected chi connectivity index (χ2v) is 14.3. The number of azide groups is 1. The number of hydrogen-bond acceptors (Lipinski definition) is 17. The lowest BCUT2D eigenvalue weighted by atomic mass is 10.0. The maximum Gasteiger partial charge on any atom is 0.329 e. The molecule has 0 aromatic heterocycles. The van der Waals surface area contributed by atoms with Crippen LogP contribution in [-0.2, 0) is 47.6 Å². The first-order chi connectivity index (χ1) is 30.1. The summed E-state index contributed by atoms with van der Waals surface area (Å²) in [6.45, 7) is -1.20. The number of amides is 4. The van der Waals surface area contributed by atoms with E-state index >= 15 is 0 Å². The molecule has 0 spiro atoms. The molecule has 2 aromatic carbocycles. The zero-order valence-corrected chi connectivity index (χ0v) is 36.7. The van der Waals surface area contributed by atoms with Crippen LogP contribution in [0.5, 0.6) is 5.75 Å². The van der Waals surface area contributed by atoms with E-state index in [9.17, 15) is 43.5 Å². The number of esters is 3. The Morgan fingerprint density at radius 1 is 0.794 bits per heavy atom. The van der Waals surface area contributed by atoms with Gasteiger partial charge in [-0.05, 0) is 48.4 Å². The number of aliphatic hydroxyl groups is 1. The maximum atomic E-state index is 13.7. The molecule has 4 amide bonds. The van der Waals surface area contributed by atoms with Crippen LogP contribution in [0.25, 0.3) is 10.4 Å². The molecule has 2 aromatic rings. The van der Waals surface area contributed by atoms with Gasteiger partial charge in [0.1, 0.15) is 25.0 Å². The predicted octanol–water partition coefficient (Wildman–Crippen LogP) is 0.634. The van der Waals surface area contributed by atoms with Gasteiger partial charge in [0.15, 0.2) is 12.5 Å². The highest BCUT2D eigenvalue weighted by Crippen LogP contribution is 2.19. The highest BCUT2D eigenvalue weighted by molar-refractivity contribution is 14.1. The van der Waals surface area contributed by atoms with Crippen molar-refractivity contribution in [2.45, 2.75) is 47.8 Å². The summed E-state index contributed by atoms with van der Waals surface area (Å²) in [4.78, 5) is 103. The van der Waals surface area contributed by atoms with Crippen LogP contribution in [0.15, 0.2) is 47.6 Å². The summed E-state index contributed by atoms with van der Waals surface area (Å²) in [5.74, 6) is -6.34. The van der Waals surface area contributed by atoms with Crippen LogP contribution in [0.4, 0.5) is 0 Å². The number of alkyl halides is 1. The lowest BCUT2D eigenvalue weighted by molar-refractivity contribution is -0.145. The van der Waals surface area contributed by atoms with Gasteiger partial charge in [0.2, 0.25) is 0 Å². The molecule has 0 radical (unpaired) electrons. The minimum atomic E-state index is -1.60. The zero-order valence-electron chi connectivity index (χ0n) is 34.5. The second kappa shape index (κ2) is 28.5. The van der Waals surface area contributed by atoms with E-state index < -0.39 is 82.6 Å². The first-order valence-corrected chi connectivity index (χ1v) is 19.9. The van der Waals surface area contributed by atoms with Gasteiger partial charge in [-0.1, -0.05) is 33.8 Å². The van der Waals surface area contributed by atoms with Gasteiger partial charge in [-0.25, -0.2) is 9.59 Å². The van der Waals surface area contributed by atoms with E-state index in [0.29, 0.717) is 0 Å². The Labute approximate surface area is 373 Å². The molecule has 0 saturated heterocycles. The molecule has 5 atom stereocenters. The summed E-state index contributed by atoms with van der Waals surface area (Å²) in [5, 5.41) is 32.8. The first kappa shape index (κ1) is 53.0. The Morgan fingerprint density at radius 2 is 1.40 bits per heavy atom. The van der Waals surface area contributed by atoms with E-state index in [0.717, 1.165) is 32.4 Å². The fourth-order valence-corrected chi connectivity index (χ4v) is 6.03. The quantitative estimate of drug-likeness (QED) is 0.00784. The number of carbonyl (C=O) groups excluding carboxylic acids is 7. The summed E-state index contributed by atoms with van der Waals surface area (Å²) in [7, 11) is 4.55. The van der Waals surface area contributed by atoms with Crippen molar-refractivity contribution >= 4 is 70.1 Å². The minimum absolute atomic E-state index is 0.0805. The lowest BCUT2D eigenvalue weighted by Crippen LogP contribution is -2.50. The van der Waals surface area contributed by atoms with Crippen LogP contribution in [0.1, 0.15) is 60.7 Å². The summed E-state index contributed by atoms with van der Waals surface area (Å²) in [6.07, 6.45) is -3.41. The molecule has 344 valence electrons. The number of carboxylic acid groups (broad SMARTS) is 1. The SMILES string of the molecule is COC(=O)CC[C@H](NC(=O)c1cc(C(=O)NCCNC(=O)c2cccc(OCC(N=[N+]=[N-])OCCOCC(=O)O)c2)cc(C(=O)N[C@H](C(O)OC)[C@H](I)CC(=O)OC)c1)C(=O)OC. The minimum Gasteiger partial charge on any atom is -0.491 e. The summed E-state index contributed by atoms with van der Waals surface area (Å²) in [6, 6.07) is 6.79. The monoisotopic (exact) mass is 1000 g/mol. The van der Waals surface area contributed by atoms with Crippen molar-refractivity contribution in [1.29, 1.82) is 0 Å². The fraction of sp³-hybridized carbons (Fsp3) is 0.474. The number of ether oxygens (including phenoxy) is 7. The summed E-state index contributed by atoms with van der Waals surface area (Å²) in [5.41, 5.74) is 8.24. The molecule has 24 nitrogen and oxygen atoms in total. The molecule has 2 unspecified atom stereocenters. The number of halogens is 1. The number of aliphatic carboxylic acids is 1. The molecule has 6 N–H and O–H groups in total. The molecule has 0 bridgehead atoms. The molecule has 0 aliphatic rings. The van der Waals surface area contributed by atoms with E-state index in [2.05, 4.69) is 36.0 Å². The number of rotatable bonds is 28. The highest BCUT2D eigenvalue weighted by Gasteiger charge is 2.32.